The standard InChI is InChI=1S/C18H28FN3O.2ClH/c1-13(2)21-16-10-14(19)6-7-15(16)22-17(23)11-18(12-20)8-4-3-5-9-18;;/h6-7,10,13,21H,3-5,8-9,11-12,20H2,1-2H3,(H,22,23);2*1H. The summed E-state index contributed by atoms with van der Waals surface area (Å²) < 4.78 is 13.5. The van der Waals surface area contributed by atoms with Crippen LogP contribution in [0.15, 0.2) is 18.2 Å². The predicted octanol–water partition coefficient (Wildman–Crippen LogP) is 4.73. The summed E-state index contributed by atoms with van der Waals surface area (Å²) in [7, 11) is 0. The number of hydrogen-bond donors (Lipinski definition) is 3. The monoisotopic (exact) mass is 393 g/mol. The molecule has 1 aromatic carbocycles. The predicted molar refractivity (Wildman–Crippen MR) is 107 cm³/mol. The van der Waals surface area contributed by atoms with Crippen molar-refractivity contribution in [2.45, 2.75) is 58.4 Å². The van der Waals surface area contributed by atoms with Crippen LogP contribution in [0.3, 0.4) is 0 Å². The van der Waals surface area contributed by atoms with Crippen molar-refractivity contribution in [1.29, 1.82) is 0 Å². The van der Waals surface area contributed by atoms with Crippen LogP contribution in [0.4, 0.5) is 15.8 Å². The summed E-state index contributed by atoms with van der Waals surface area (Å²) in [5.41, 5.74) is 7.11. The smallest absolute Gasteiger partial charge is 0.225 e. The molecule has 0 aliphatic heterocycles. The third-order valence-electron chi connectivity index (χ3n) is 4.58. The Labute approximate surface area is 162 Å². The minimum absolute atomic E-state index is 0. The maximum Gasteiger partial charge on any atom is 0.225 e. The van der Waals surface area contributed by atoms with E-state index >= 15 is 0 Å². The van der Waals surface area contributed by atoms with Crippen molar-refractivity contribution in [1.82, 2.24) is 0 Å². The molecule has 1 aliphatic rings. The third kappa shape index (κ3) is 7.00. The van der Waals surface area contributed by atoms with E-state index in [2.05, 4.69) is 10.6 Å². The number of anilines is 2. The lowest BCUT2D eigenvalue weighted by Gasteiger charge is -2.35. The topological polar surface area (TPSA) is 67.1 Å². The Bertz CT molecular complexity index is 549. The molecule has 4 N–H and O–H groups in total. The molecule has 2 rings (SSSR count). The molecule has 1 amide bonds. The van der Waals surface area contributed by atoms with E-state index < -0.39 is 0 Å². The highest BCUT2D eigenvalue weighted by Crippen LogP contribution is 2.38. The molecule has 1 aromatic rings. The average Bonchev–Trinajstić information content (AvgIpc) is 2.50. The van der Waals surface area contributed by atoms with Crippen LogP contribution in [0.1, 0.15) is 52.4 Å². The Kier molecular flexibility index (Phi) is 10.4. The van der Waals surface area contributed by atoms with E-state index in [1.54, 1.807) is 6.07 Å². The van der Waals surface area contributed by atoms with Gasteiger partial charge in [0.1, 0.15) is 5.82 Å². The number of hydrogen-bond acceptors (Lipinski definition) is 3. The zero-order valence-electron chi connectivity index (χ0n) is 14.9. The fourth-order valence-corrected chi connectivity index (χ4v) is 3.35. The Morgan fingerprint density at radius 1 is 1.20 bits per heavy atom. The van der Waals surface area contributed by atoms with Gasteiger partial charge in [0, 0.05) is 12.5 Å². The minimum Gasteiger partial charge on any atom is -0.381 e. The van der Waals surface area contributed by atoms with Crippen LogP contribution in [0.2, 0.25) is 0 Å². The first kappa shape index (κ1) is 24.0. The lowest BCUT2D eigenvalue weighted by atomic mass is 9.71. The molecule has 0 heterocycles. The molecular formula is C18H30Cl2FN3O. The Morgan fingerprint density at radius 2 is 1.84 bits per heavy atom. The lowest BCUT2D eigenvalue weighted by Crippen LogP contribution is -2.36. The fourth-order valence-electron chi connectivity index (χ4n) is 3.35. The number of rotatable bonds is 6. The van der Waals surface area contributed by atoms with Crippen LogP contribution < -0.4 is 16.4 Å². The molecule has 0 radical (unpaired) electrons. The van der Waals surface area contributed by atoms with E-state index in [1.807, 2.05) is 13.8 Å². The highest BCUT2D eigenvalue weighted by molar-refractivity contribution is 5.94. The zero-order chi connectivity index (χ0) is 16.9. The maximum atomic E-state index is 13.5. The number of benzene rings is 1. The fraction of sp³-hybridized carbons (Fsp3) is 0.611. The molecule has 4 nitrogen and oxygen atoms in total. The number of nitrogens with two attached hydrogens (primary N) is 1. The molecule has 0 atom stereocenters. The summed E-state index contributed by atoms with van der Waals surface area (Å²) in [6.07, 6.45) is 5.96. The molecule has 0 saturated heterocycles. The van der Waals surface area contributed by atoms with Gasteiger partial charge in [-0.25, -0.2) is 4.39 Å². The van der Waals surface area contributed by atoms with E-state index in [4.69, 9.17) is 5.73 Å². The van der Waals surface area contributed by atoms with Gasteiger partial charge < -0.3 is 16.4 Å². The molecule has 25 heavy (non-hydrogen) atoms. The van der Waals surface area contributed by atoms with Gasteiger partial charge in [0.15, 0.2) is 0 Å². The number of nitrogens with one attached hydrogen (secondary N) is 2. The number of carbonyl (C=O) groups is 1. The van der Waals surface area contributed by atoms with Gasteiger partial charge in [-0.1, -0.05) is 19.3 Å². The molecule has 144 valence electrons. The summed E-state index contributed by atoms with van der Waals surface area (Å²) in [4.78, 5) is 12.5. The summed E-state index contributed by atoms with van der Waals surface area (Å²) in [6.45, 7) is 4.49. The molecule has 0 unspecified atom stereocenters. The lowest BCUT2D eigenvalue weighted by molar-refractivity contribution is -0.118. The maximum absolute atomic E-state index is 13.5. The van der Waals surface area contributed by atoms with Gasteiger partial charge in [-0.15, -0.1) is 24.8 Å². The van der Waals surface area contributed by atoms with Crippen LogP contribution in [-0.2, 0) is 4.79 Å². The summed E-state index contributed by atoms with van der Waals surface area (Å²) in [6, 6.07) is 4.53. The molecule has 1 fully saturated rings. The van der Waals surface area contributed by atoms with Gasteiger partial charge in [0.2, 0.25) is 5.91 Å². The second kappa shape index (κ2) is 10.8. The number of halogens is 3. The van der Waals surface area contributed by atoms with E-state index in [1.165, 1.54) is 18.6 Å². The van der Waals surface area contributed by atoms with Crippen LogP contribution in [0.25, 0.3) is 0 Å². The second-order valence-corrected chi connectivity index (χ2v) is 6.98. The van der Waals surface area contributed by atoms with Gasteiger partial charge >= 0.3 is 0 Å². The van der Waals surface area contributed by atoms with E-state index in [9.17, 15) is 9.18 Å². The average molecular weight is 394 g/mol. The van der Waals surface area contributed by atoms with Gasteiger partial charge in [0.05, 0.1) is 11.4 Å². The van der Waals surface area contributed by atoms with Crippen molar-refractivity contribution in [2.75, 3.05) is 17.2 Å². The van der Waals surface area contributed by atoms with Crippen LogP contribution in [0, 0.1) is 11.2 Å². The normalized spacial score (nSPS) is 15.7. The van der Waals surface area contributed by atoms with Crippen molar-refractivity contribution >= 4 is 42.1 Å². The molecule has 7 heteroatoms. The SMILES string of the molecule is CC(C)Nc1cc(F)ccc1NC(=O)CC1(CN)CCCCC1.Cl.Cl. The van der Waals surface area contributed by atoms with Gasteiger partial charge in [0.25, 0.3) is 0 Å². The van der Waals surface area contributed by atoms with Crippen molar-refractivity contribution in [3.63, 3.8) is 0 Å². The Morgan fingerprint density at radius 3 is 2.40 bits per heavy atom. The molecule has 1 aliphatic carbocycles. The highest BCUT2D eigenvalue weighted by atomic mass is 35.5. The molecule has 0 spiro atoms. The number of amides is 1. The molecule has 0 bridgehead atoms. The summed E-state index contributed by atoms with van der Waals surface area (Å²) >= 11 is 0. The van der Waals surface area contributed by atoms with Gasteiger partial charge in [-0.2, -0.15) is 0 Å². The quantitative estimate of drug-likeness (QED) is 0.654. The van der Waals surface area contributed by atoms with E-state index in [0.717, 1.165) is 25.7 Å². The zero-order valence-corrected chi connectivity index (χ0v) is 16.6. The highest BCUT2D eigenvalue weighted by Gasteiger charge is 2.33. The van der Waals surface area contributed by atoms with Crippen LogP contribution in [-0.4, -0.2) is 18.5 Å². The van der Waals surface area contributed by atoms with Gasteiger partial charge in [-0.3, -0.25) is 4.79 Å². The minimum atomic E-state index is -0.322. The molecule has 1 saturated carbocycles. The summed E-state index contributed by atoms with van der Waals surface area (Å²) in [5.74, 6) is -0.368. The van der Waals surface area contributed by atoms with E-state index in [-0.39, 0.29) is 48.0 Å². The largest absolute Gasteiger partial charge is 0.381 e. The molecular weight excluding hydrogens is 364 g/mol. The van der Waals surface area contributed by atoms with Crippen molar-refractivity contribution in [2.24, 2.45) is 11.1 Å². The summed E-state index contributed by atoms with van der Waals surface area (Å²) in [5, 5.41) is 6.09. The Balaban J connectivity index is 0.00000288. The van der Waals surface area contributed by atoms with E-state index in [0.29, 0.717) is 24.3 Å². The van der Waals surface area contributed by atoms with Crippen molar-refractivity contribution in [3.05, 3.63) is 24.0 Å². The van der Waals surface area contributed by atoms with Crippen LogP contribution in [0.5, 0.6) is 0 Å². The third-order valence-corrected chi connectivity index (χ3v) is 4.58. The Hall–Kier alpha value is -1.04. The van der Waals surface area contributed by atoms with Crippen molar-refractivity contribution < 1.29 is 9.18 Å². The molecule has 0 aromatic heterocycles. The van der Waals surface area contributed by atoms with Crippen molar-refractivity contribution in [3.8, 4) is 0 Å². The van der Waals surface area contributed by atoms with Crippen LogP contribution >= 0.6 is 24.8 Å². The first-order chi connectivity index (χ1) is 10.9. The first-order valence-electron chi connectivity index (χ1n) is 8.50. The van der Waals surface area contributed by atoms with Gasteiger partial charge in [-0.05, 0) is 56.8 Å². The first-order valence-corrected chi connectivity index (χ1v) is 8.50. The second-order valence-electron chi connectivity index (χ2n) is 6.98. The number of carbonyl (C=O) groups excluding carboxylic acids is 1.